The van der Waals surface area contributed by atoms with Gasteiger partial charge < -0.3 is 12.9 Å². The molecule has 1 fully saturated rings. The van der Waals surface area contributed by atoms with Gasteiger partial charge in [0.25, 0.3) is 0 Å². The fourth-order valence-corrected chi connectivity index (χ4v) is 2.94. The standard InChI is InChI=1S/C15H31IN2O/c1-15(2)7-6-9-18-12-10-17(11-13-18)8-4-3-5-14-19-16/h15H,3-14H2,1-2H3. The van der Waals surface area contributed by atoms with Gasteiger partial charge in [-0.05, 0) is 51.1 Å². The zero-order chi connectivity index (χ0) is 13.9. The van der Waals surface area contributed by atoms with Crippen LogP contribution in [0.2, 0.25) is 0 Å². The number of halogens is 1. The summed E-state index contributed by atoms with van der Waals surface area (Å²) in [6.45, 7) is 13.2. The lowest BCUT2D eigenvalue weighted by atomic mass is 10.1. The summed E-state index contributed by atoms with van der Waals surface area (Å²) in [6.07, 6.45) is 6.58. The Morgan fingerprint density at radius 2 is 1.47 bits per heavy atom. The van der Waals surface area contributed by atoms with Gasteiger partial charge in [0.15, 0.2) is 0 Å². The third-order valence-corrected chi connectivity index (χ3v) is 4.36. The first kappa shape index (κ1) is 17.7. The van der Waals surface area contributed by atoms with Gasteiger partial charge in [0, 0.05) is 26.2 Å². The molecule has 1 aliphatic rings. The highest BCUT2D eigenvalue weighted by Gasteiger charge is 2.15. The fourth-order valence-electron chi connectivity index (χ4n) is 2.63. The number of rotatable bonds is 10. The molecule has 1 rings (SSSR count). The van der Waals surface area contributed by atoms with Crippen molar-refractivity contribution >= 4 is 23.0 Å². The first-order valence-electron chi connectivity index (χ1n) is 7.90. The zero-order valence-electron chi connectivity index (χ0n) is 12.7. The van der Waals surface area contributed by atoms with Crippen LogP contribution in [0.1, 0.15) is 46.0 Å². The van der Waals surface area contributed by atoms with Gasteiger partial charge in [-0.2, -0.15) is 0 Å². The Labute approximate surface area is 133 Å². The minimum absolute atomic E-state index is 0.854. The summed E-state index contributed by atoms with van der Waals surface area (Å²) in [7, 11) is 0. The van der Waals surface area contributed by atoms with Crippen LogP contribution in [0, 0.1) is 5.92 Å². The molecule has 0 spiro atoms. The molecule has 0 unspecified atom stereocenters. The molecule has 0 aliphatic carbocycles. The number of hydrogen-bond donors (Lipinski definition) is 0. The Balaban J connectivity index is 1.96. The van der Waals surface area contributed by atoms with E-state index in [1.165, 1.54) is 71.4 Å². The Bertz CT molecular complexity index is 206. The largest absolute Gasteiger partial charge is 0.316 e. The van der Waals surface area contributed by atoms with Crippen molar-refractivity contribution in [3.63, 3.8) is 0 Å². The second kappa shape index (κ2) is 11.3. The summed E-state index contributed by atoms with van der Waals surface area (Å²) >= 11 is 1.98. The molecule has 0 bridgehead atoms. The molecule has 1 heterocycles. The SMILES string of the molecule is CC(C)CCCN1CCN(CCCCCOI)CC1. The Kier molecular flexibility index (Phi) is 10.5. The maximum Gasteiger partial charge on any atom is 0.109 e. The number of piperazine rings is 1. The maximum absolute atomic E-state index is 5.05. The molecule has 0 saturated carbocycles. The number of nitrogens with zero attached hydrogens (tertiary/aromatic N) is 2. The second-order valence-electron chi connectivity index (χ2n) is 6.09. The first-order chi connectivity index (χ1) is 9.22. The van der Waals surface area contributed by atoms with Crippen molar-refractivity contribution in [2.24, 2.45) is 5.92 Å². The topological polar surface area (TPSA) is 15.7 Å². The van der Waals surface area contributed by atoms with Crippen LogP contribution in [0.15, 0.2) is 0 Å². The molecular weight excluding hydrogens is 351 g/mol. The first-order valence-corrected chi connectivity index (χ1v) is 8.78. The summed E-state index contributed by atoms with van der Waals surface area (Å²) in [4.78, 5) is 5.27. The van der Waals surface area contributed by atoms with E-state index in [0.29, 0.717) is 0 Å². The molecule has 0 radical (unpaired) electrons. The minimum Gasteiger partial charge on any atom is -0.316 e. The summed E-state index contributed by atoms with van der Waals surface area (Å²) < 4.78 is 5.05. The van der Waals surface area contributed by atoms with Crippen LogP contribution >= 0.6 is 23.0 Å². The number of hydrogen-bond acceptors (Lipinski definition) is 3. The molecular formula is C15H31IN2O. The molecule has 0 aromatic rings. The highest BCUT2D eigenvalue weighted by Crippen LogP contribution is 2.08. The van der Waals surface area contributed by atoms with E-state index in [2.05, 4.69) is 23.6 Å². The van der Waals surface area contributed by atoms with Gasteiger partial charge in [-0.25, -0.2) is 0 Å². The van der Waals surface area contributed by atoms with Crippen molar-refractivity contribution in [2.45, 2.75) is 46.0 Å². The van der Waals surface area contributed by atoms with Crippen molar-refractivity contribution in [2.75, 3.05) is 45.9 Å². The summed E-state index contributed by atoms with van der Waals surface area (Å²) in [5, 5.41) is 0. The van der Waals surface area contributed by atoms with Crippen LogP contribution < -0.4 is 0 Å². The van der Waals surface area contributed by atoms with E-state index in [1.807, 2.05) is 23.0 Å². The van der Waals surface area contributed by atoms with Gasteiger partial charge in [-0.3, -0.25) is 0 Å². The molecule has 3 nitrogen and oxygen atoms in total. The van der Waals surface area contributed by atoms with E-state index in [1.54, 1.807) is 0 Å². The van der Waals surface area contributed by atoms with Crippen molar-refractivity contribution in [3.8, 4) is 0 Å². The Morgan fingerprint density at radius 1 is 0.895 bits per heavy atom. The normalized spacial score (nSPS) is 18.3. The van der Waals surface area contributed by atoms with E-state index in [4.69, 9.17) is 3.07 Å². The predicted molar refractivity (Wildman–Crippen MR) is 90.8 cm³/mol. The summed E-state index contributed by atoms with van der Waals surface area (Å²) in [6, 6.07) is 0. The van der Waals surface area contributed by atoms with Crippen molar-refractivity contribution in [1.82, 2.24) is 9.80 Å². The molecule has 0 atom stereocenters. The minimum atomic E-state index is 0.854. The van der Waals surface area contributed by atoms with E-state index in [0.717, 1.165) is 12.5 Å². The average Bonchev–Trinajstić information content (AvgIpc) is 2.40. The van der Waals surface area contributed by atoms with Crippen LogP contribution in [0.4, 0.5) is 0 Å². The lowest BCUT2D eigenvalue weighted by Crippen LogP contribution is -2.46. The molecule has 0 aromatic heterocycles. The van der Waals surface area contributed by atoms with Crippen molar-refractivity contribution in [3.05, 3.63) is 0 Å². The van der Waals surface area contributed by atoms with Gasteiger partial charge >= 0.3 is 0 Å². The van der Waals surface area contributed by atoms with Crippen LogP contribution in [-0.2, 0) is 3.07 Å². The van der Waals surface area contributed by atoms with Crippen molar-refractivity contribution in [1.29, 1.82) is 0 Å². The van der Waals surface area contributed by atoms with Gasteiger partial charge in [-0.15, -0.1) is 0 Å². The van der Waals surface area contributed by atoms with Crippen LogP contribution in [-0.4, -0.2) is 55.7 Å². The molecule has 19 heavy (non-hydrogen) atoms. The predicted octanol–water partition coefficient (Wildman–Crippen LogP) is 3.58. The van der Waals surface area contributed by atoms with E-state index >= 15 is 0 Å². The van der Waals surface area contributed by atoms with Crippen LogP contribution in [0.25, 0.3) is 0 Å². The Morgan fingerprint density at radius 3 is 2.00 bits per heavy atom. The smallest absolute Gasteiger partial charge is 0.109 e. The highest BCUT2D eigenvalue weighted by molar-refractivity contribution is 14.1. The van der Waals surface area contributed by atoms with Gasteiger partial charge in [0.05, 0.1) is 6.61 Å². The van der Waals surface area contributed by atoms with Gasteiger partial charge in [-0.1, -0.05) is 13.8 Å². The molecule has 114 valence electrons. The van der Waals surface area contributed by atoms with Crippen LogP contribution in [0.3, 0.4) is 0 Å². The summed E-state index contributed by atoms with van der Waals surface area (Å²) in [5.74, 6) is 0.854. The Hall–Kier alpha value is 0.610. The lowest BCUT2D eigenvalue weighted by Gasteiger charge is -2.34. The quantitative estimate of drug-likeness (QED) is 0.424. The van der Waals surface area contributed by atoms with Gasteiger partial charge in [0.2, 0.25) is 0 Å². The fraction of sp³-hybridized carbons (Fsp3) is 1.00. The summed E-state index contributed by atoms with van der Waals surface area (Å²) in [5.41, 5.74) is 0. The van der Waals surface area contributed by atoms with E-state index < -0.39 is 0 Å². The average molecular weight is 382 g/mol. The monoisotopic (exact) mass is 382 g/mol. The maximum atomic E-state index is 5.05. The molecule has 0 aromatic carbocycles. The molecule has 0 amide bonds. The lowest BCUT2D eigenvalue weighted by molar-refractivity contribution is 0.128. The van der Waals surface area contributed by atoms with Crippen LogP contribution in [0.5, 0.6) is 0 Å². The zero-order valence-corrected chi connectivity index (χ0v) is 14.9. The van der Waals surface area contributed by atoms with E-state index in [9.17, 15) is 0 Å². The number of unbranched alkanes of at least 4 members (excludes halogenated alkanes) is 2. The highest BCUT2D eigenvalue weighted by atomic mass is 127. The molecule has 0 N–H and O–H groups in total. The third-order valence-electron chi connectivity index (χ3n) is 3.92. The third kappa shape index (κ3) is 9.21. The second-order valence-corrected chi connectivity index (χ2v) is 6.72. The molecule has 1 aliphatic heterocycles. The molecule has 4 heteroatoms. The van der Waals surface area contributed by atoms with Crippen molar-refractivity contribution < 1.29 is 3.07 Å². The van der Waals surface area contributed by atoms with Gasteiger partial charge in [0.1, 0.15) is 23.0 Å². The molecule has 1 saturated heterocycles. The van der Waals surface area contributed by atoms with E-state index in [-0.39, 0.29) is 0 Å².